The molecule has 20 heavy (non-hydrogen) atoms. The zero-order chi connectivity index (χ0) is 14.3. The quantitative estimate of drug-likeness (QED) is 0.737. The number of aromatic nitrogens is 3. The highest BCUT2D eigenvalue weighted by Gasteiger charge is 2.17. The average molecular weight is 294 g/mol. The molecule has 0 amide bonds. The fraction of sp³-hybridized carbons (Fsp3) is 0.0909. The van der Waals surface area contributed by atoms with Crippen molar-refractivity contribution >= 4 is 26.8 Å². The molecule has 0 bridgehead atoms. The second kappa shape index (κ2) is 4.23. The molecule has 104 valence electrons. The summed E-state index contributed by atoms with van der Waals surface area (Å²) in [6.07, 6.45) is 2.76. The first-order valence-electron chi connectivity index (χ1n) is 5.58. The third-order valence-electron chi connectivity index (χ3n) is 2.82. The number of nitrogens with one attached hydrogen (secondary N) is 2. The summed E-state index contributed by atoms with van der Waals surface area (Å²) >= 11 is 0. The Morgan fingerprint density at radius 2 is 2.20 bits per heavy atom. The summed E-state index contributed by atoms with van der Waals surface area (Å²) in [6.45, 7) is 0. The molecule has 0 saturated heterocycles. The fourth-order valence-electron chi connectivity index (χ4n) is 1.80. The molecule has 0 aliphatic rings. The Labute approximate surface area is 113 Å². The predicted molar refractivity (Wildman–Crippen MR) is 70.9 cm³/mol. The van der Waals surface area contributed by atoms with Crippen LogP contribution in [0.4, 0.5) is 5.69 Å². The SMILES string of the molecule is Cn1c(=O)oc2cc(S(=O)(=O)Nc3cn[nH]c3)ccc21. The van der Waals surface area contributed by atoms with Gasteiger partial charge in [0.1, 0.15) is 0 Å². The van der Waals surface area contributed by atoms with Gasteiger partial charge in [-0.2, -0.15) is 5.10 Å². The van der Waals surface area contributed by atoms with Gasteiger partial charge in [0.2, 0.25) is 0 Å². The topological polar surface area (TPSA) is 110 Å². The van der Waals surface area contributed by atoms with Gasteiger partial charge in [-0.15, -0.1) is 0 Å². The van der Waals surface area contributed by atoms with E-state index < -0.39 is 15.8 Å². The summed E-state index contributed by atoms with van der Waals surface area (Å²) in [5.74, 6) is -0.544. The number of sulfonamides is 1. The Morgan fingerprint density at radius 1 is 1.40 bits per heavy atom. The van der Waals surface area contributed by atoms with Gasteiger partial charge in [-0.1, -0.05) is 0 Å². The summed E-state index contributed by atoms with van der Waals surface area (Å²) in [7, 11) is -2.21. The van der Waals surface area contributed by atoms with Crippen molar-refractivity contribution in [3.63, 3.8) is 0 Å². The zero-order valence-corrected chi connectivity index (χ0v) is 11.1. The smallest absolute Gasteiger partial charge is 0.408 e. The van der Waals surface area contributed by atoms with Gasteiger partial charge in [0.05, 0.1) is 22.3 Å². The van der Waals surface area contributed by atoms with Crippen LogP contribution in [0.3, 0.4) is 0 Å². The lowest BCUT2D eigenvalue weighted by atomic mass is 10.3. The van der Waals surface area contributed by atoms with Crippen LogP contribution in [0.2, 0.25) is 0 Å². The average Bonchev–Trinajstić information content (AvgIpc) is 2.98. The summed E-state index contributed by atoms with van der Waals surface area (Å²) in [6, 6.07) is 4.23. The molecule has 0 saturated carbocycles. The molecule has 3 aromatic rings. The monoisotopic (exact) mass is 294 g/mol. The number of fused-ring (bicyclic) bond motifs is 1. The van der Waals surface area contributed by atoms with Crippen LogP contribution in [0, 0.1) is 0 Å². The minimum atomic E-state index is -3.76. The highest BCUT2D eigenvalue weighted by molar-refractivity contribution is 7.92. The molecule has 0 unspecified atom stereocenters. The van der Waals surface area contributed by atoms with E-state index >= 15 is 0 Å². The van der Waals surface area contributed by atoms with Crippen molar-refractivity contribution < 1.29 is 12.8 Å². The van der Waals surface area contributed by atoms with Crippen molar-refractivity contribution in [1.82, 2.24) is 14.8 Å². The van der Waals surface area contributed by atoms with Crippen LogP contribution in [0.25, 0.3) is 11.1 Å². The van der Waals surface area contributed by atoms with E-state index in [1.165, 1.54) is 35.2 Å². The van der Waals surface area contributed by atoms with Crippen LogP contribution >= 0.6 is 0 Å². The third-order valence-corrected chi connectivity index (χ3v) is 4.20. The molecule has 2 N–H and O–H groups in total. The molecule has 0 atom stereocenters. The van der Waals surface area contributed by atoms with E-state index in [1.807, 2.05) is 0 Å². The maximum Gasteiger partial charge on any atom is 0.419 e. The first kappa shape index (κ1) is 12.5. The molecule has 0 fully saturated rings. The largest absolute Gasteiger partial charge is 0.419 e. The van der Waals surface area contributed by atoms with Crippen molar-refractivity contribution in [1.29, 1.82) is 0 Å². The molecule has 3 rings (SSSR count). The van der Waals surface area contributed by atoms with Crippen LogP contribution in [-0.2, 0) is 17.1 Å². The molecular weight excluding hydrogens is 284 g/mol. The lowest BCUT2D eigenvalue weighted by molar-refractivity contribution is 0.527. The van der Waals surface area contributed by atoms with Crippen molar-refractivity contribution in [3.8, 4) is 0 Å². The number of H-pyrrole nitrogens is 1. The Morgan fingerprint density at radius 3 is 2.90 bits per heavy atom. The molecule has 0 aliphatic heterocycles. The van der Waals surface area contributed by atoms with Crippen LogP contribution in [0.1, 0.15) is 0 Å². The molecule has 2 heterocycles. The van der Waals surface area contributed by atoms with Crippen molar-refractivity contribution in [3.05, 3.63) is 41.1 Å². The molecule has 9 heteroatoms. The number of aromatic amines is 1. The van der Waals surface area contributed by atoms with E-state index in [9.17, 15) is 13.2 Å². The van der Waals surface area contributed by atoms with Crippen LogP contribution in [0.15, 0.2) is 44.7 Å². The van der Waals surface area contributed by atoms with E-state index in [1.54, 1.807) is 7.05 Å². The van der Waals surface area contributed by atoms with Crippen LogP contribution < -0.4 is 10.5 Å². The zero-order valence-electron chi connectivity index (χ0n) is 10.3. The van der Waals surface area contributed by atoms with Gasteiger partial charge in [0.15, 0.2) is 5.58 Å². The van der Waals surface area contributed by atoms with E-state index in [2.05, 4.69) is 14.9 Å². The van der Waals surface area contributed by atoms with E-state index in [0.29, 0.717) is 11.2 Å². The fourth-order valence-corrected chi connectivity index (χ4v) is 2.85. The number of hydrogen-bond acceptors (Lipinski definition) is 5. The molecule has 0 spiro atoms. The number of oxazole rings is 1. The van der Waals surface area contributed by atoms with E-state index in [-0.39, 0.29) is 10.5 Å². The lowest BCUT2D eigenvalue weighted by Gasteiger charge is -2.05. The molecule has 0 aliphatic carbocycles. The summed E-state index contributed by atoms with van der Waals surface area (Å²) in [5, 5.41) is 6.15. The highest BCUT2D eigenvalue weighted by Crippen LogP contribution is 2.20. The summed E-state index contributed by atoms with van der Waals surface area (Å²) in [4.78, 5) is 11.4. The van der Waals surface area contributed by atoms with Crippen LogP contribution in [0.5, 0.6) is 0 Å². The van der Waals surface area contributed by atoms with Crippen molar-refractivity contribution in [2.24, 2.45) is 7.05 Å². The molecule has 8 nitrogen and oxygen atoms in total. The van der Waals surface area contributed by atoms with Gasteiger partial charge in [-0.25, -0.2) is 13.2 Å². The lowest BCUT2D eigenvalue weighted by Crippen LogP contribution is -2.12. The summed E-state index contributed by atoms with van der Waals surface area (Å²) in [5.41, 5.74) is 1.06. The number of rotatable bonds is 3. The third kappa shape index (κ3) is 1.97. The van der Waals surface area contributed by atoms with Crippen LogP contribution in [-0.4, -0.2) is 23.2 Å². The number of anilines is 1. The molecule has 0 radical (unpaired) electrons. The number of nitrogens with zero attached hydrogens (tertiary/aromatic N) is 2. The Bertz CT molecular complexity index is 921. The normalized spacial score (nSPS) is 11.8. The highest BCUT2D eigenvalue weighted by atomic mass is 32.2. The number of benzene rings is 1. The number of hydrogen-bond donors (Lipinski definition) is 2. The van der Waals surface area contributed by atoms with Gasteiger partial charge in [-0.05, 0) is 12.1 Å². The number of aryl methyl sites for hydroxylation is 1. The first-order valence-corrected chi connectivity index (χ1v) is 7.07. The Hall–Kier alpha value is -2.55. The van der Waals surface area contributed by atoms with Gasteiger partial charge in [-0.3, -0.25) is 14.4 Å². The standard InChI is InChI=1S/C11H10N4O4S/c1-15-9-3-2-8(4-10(9)19-11(15)16)20(17,18)14-7-5-12-13-6-7/h2-6,14H,1H3,(H,12,13). The van der Waals surface area contributed by atoms with E-state index in [4.69, 9.17) is 4.42 Å². The van der Waals surface area contributed by atoms with Crippen molar-refractivity contribution in [2.45, 2.75) is 4.90 Å². The second-order valence-corrected chi connectivity index (χ2v) is 5.83. The maximum atomic E-state index is 12.2. The first-order chi connectivity index (χ1) is 9.47. The minimum Gasteiger partial charge on any atom is -0.408 e. The Balaban J connectivity index is 2.07. The maximum absolute atomic E-state index is 12.2. The Kier molecular flexibility index (Phi) is 2.64. The van der Waals surface area contributed by atoms with Gasteiger partial charge < -0.3 is 4.42 Å². The van der Waals surface area contributed by atoms with Gasteiger partial charge in [0.25, 0.3) is 10.0 Å². The molecule has 1 aromatic carbocycles. The second-order valence-electron chi connectivity index (χ2n) is 4.15. The van der Waals surface area contributed by atoms with Gasteiger partial charge in [0, 0.05) is 19.3 Å². The van der Waals surface area contributed by atoms with Crippen molar-refractivity contribution in [2.75, 3.05) is 4.72 Å². The molecular formula is C11H10N4O4S. The van der Waals surface area contributed by atoms with Gasteiger partial charge >= 0.3 is 5.76 Å². The predicted octanol–water partition coefficient (Wildman–Crippen LogP) is 0.655. The van der Waals surface area contributed by atoms with E-state index in [0.717, 1.165) is 0 Å². The molecule has 2 aromatic heterocycles. The minimum absolute atomic E-state index is 0.000509. The summed E-state index contributed by atoms with van der Waals surface area (Å²) < 4.78 is 32.9.